The summed E-state index contributed by atoms with van der Waals surface area (Å²) in [7, 11) is 0. The summed E-state index contributed by atoms with van der Waals surface area (Å²) in [6.07, 6.45) is 0.494. The van der Waals surface area contributed by atoms with Gasteiger partial charge in [0.25, 0.3) is 0 Å². The third-order valence-corrected chi connectivity index (χ3v) is 5.87. The maximum Gasteiger partial charge on any atom is 0.303 e. The van der Waals surface area contributed by atoms with Crippen molar-refractivity contribution in [1.29, 1.82) is 0 Å². The average Bonchev–Trinajstić information content (AvgIpc) is 2.85. The van der Waals surface area contributed by atoms with E-state index in [1.165, 1.54) is 28.5 Å². The summed E-state index contributed by atoms with van der Waals surface area (Å²) in [5, 5.41) is 14.8. The number of halogens is 1. The first-order valence-electron chi connectivity index (χ1n) is 11.4. The van der Waals surface area contributed by atoms with Gasteiger partial charge in [0.05, 0.1) is 0 Å². The molecule has 5 heteroatoms. The predicted molar refractivity (Wildman–Crippen MR) is 134 cm³/mol. The maximum absolute atomic E-state index is 14.3. The van der Waals surface area contributed by atoms with Crippen LogP contribution in [0.2, 0.25) is 0 Å². The normalized spacial score (nSPS) is 11.9. The highest BCUT2D eigenvalue weighted by molar-refractivity contribution is 5.86. The Morgan fingerprint density at radius 3 is 2.62 bits per heavy atom. The zero-order chi connectivity index (χ0) is 23.9. The molecule has 1 unspecified atom stereocenters. The molecule has 174 valence electrons. The van der Waals surface area contributed by atoms with Crippen LogP contribution in [-0.2, 0) is 11.2 Å². The highest BCUT2D eigenvalue weighted by Crippen LogP contribution is 2.27. The number of aliphatic carboxylic acids is 1. The average molecular weight is 458 g/mol. The third-order valence-electron chi connectivity index (χ3n) is 5.87. The molecule has 0 saturated carbocycles. The molecule has 4 aromatic rings. The lowest BCUT2D eigenvalue weighted by Gasteiger charge is -2.17. The fourth-order valence-electron chi connectivity index (χ4n) is 4.15. The van der Waals surface area contributed by atoms with Crippen molar-refractivity contribution in [3.8, 4) is 16.9 Å². The van der Waals surface area contributed by atoms with Crippen LogP contribution in [0.25, 0.3) is 21.9 Å². The van der Waals surface area contributed by atoms with Crippen molar-refractivity contribution in [1.82, 2.24) is 5.32 Å². The van der Waals surface area contributed by atoms with E-state index < -0.39 is 5.97 Å². The van der Waals surface area contributed by atoms with Gasteiger partial charge in [-0.2, -0.15) is 0 Å². The molecule has 34 heavy (non-hydrogen) atoms. The van der Waals surface area contributed by atoms with Crippen molar-refractivity contribution in [3.63, 3.8) is 0 Å². The Bertz CT molecular complexity index is 1280. The number of fused-ring (bicyclic) bond motifs is 1. The number of hydrogen-bond acceptors (Lipinski definition) is 3. The Balaban J connectivity index is 1.38. The fraction of sp³-hybridized carbons (Fsp3) is 0.207. The van der Waals surface area contributed by atoms with E-state index in [1.54, 1.807) is 0 Å². The van der Waals surface area contributed by atoms with Crippen molar-refractivity contribution in [3.05, 3.63) is 102 Å². The Labute approximate surface area is 199 Å². The van der Waals surface area contributed by atoms with Gasteiger partial charge in [-0.1, -0.05) is 66.7 Å². The molecule has 1 atom stereocenters. The van der Waals surface area contributed by atoms with Crippen molar-refractivity contribution >= 4 is 16.7 Å². The van der Waals surface area contributed by atoms with E-state index >= 15 is 0 Å². The summed E-state index contributed by atoms with van der Waals surface area (Å²) in [6.45, 7) is 3.14. The van der Waals surface area contributed by atoms with Crippen molar-refractivity contribution in [2.45, 2.75) is 25.8 Å². The Morgan fingerprint density at radius 1 is 0.971 bits per heavy atom. The van der Waals surface area contributed by atoms with Gasteiger partial charge in [-0.05, 0) is 58.5 Å². The zero-order valence-electron chi connectivity index (χ0n) is 19.1. The number of nitrogens with one attached hydrogen (secondary N) is 1. The van der Waals surface area contributed by atoms with E-state index in [-0.39, 0.29) is 18.3 Å². The van der Waals surface area contributed by atoms with Crippen LogP contribution in [0.3, 0.4) is 0 Å². The summed E-state index contributed by atoms with van der Waals surface area (Å²) in [6, 6.07) is 27.0. The van der Waals surface area contributed by atoms with E-state index in [4.69, 9.17) is 9.84 Å². The molecule has 0 saturated heterocycles. The van der Waals surface area contributed by atoms with E-state index in [9.17, 15) is 9.18 Å². The lowest BCUT2D eigenvalue weighted by molar-refractivity contribution is -0.136. The molecule has 0 aliphatic heterocycles. The van der Waals surface area contributed by atoms with Gasteiger partial charge in [0.15, 0.2) is 0 Å². The molecule has 4 aromatic carbocycles. The van der Waals surface area contributed by atoms with Crippen LogP contribution in [0.1, 0.15) is 30.5 Å². The minimum Gasteiger partial charge on any atom is -0.492 e. The maximum atomic E-state index is 14.3. The number of benzene rings is 4. The standard InChI is InChI=1S/C29H28FNO3/c1-20(27-11-5-8-22-7-2-3-10-28(22)27)31-14-15-34-26-18-24(17-25(30)19-26)23-9-4-6-21(16-23)12-13-29(32)33/h2-11,16-20,31H,12-15H2,1H3,(H,32,33). The molecule has 4 nitrogen and oxygen atoms in total. The minimum absolute atomic E-state index is 0.0607. The number of hydrogen-bond donors (Lipinski definition) is 2. The van der Waals surface area contributed by atoms with Crippen LogP contribution in [-0.4, -0.2) is 24.2 Å². The number of ether oxygens (including phenoxy) is 1. The third kappa shape index (κ3) is 6.00. The molecular formula is C29H28FNO3. The first-order valence-corrected chi connectivity index (χ1v) is 11.4. The SMILES string of the molecule is CC(NCCOc1cc(F)cc(-c2cccc(CCC(=O)O)c2)c1)c1cccc2ccccc12. The van der Waals surface area contributed by atoms with Gasteiger partial charge in [0.1, 0.15) is 18.2 Å². The van der Waals surface area contributed by atoms with Crippen LogP contribution in [0.5, 0.6) is 5.75 Å². The summed E-state index contributed by atoms with van der Waals surface area (Å²) in [5.74, 6) is -0.749. The number of carboxylic acids is 1. The molecule has 4 rings (SSSR count). The first-order chi connectivity index (χ1) is 16.5. The van der Waals surface area contributed by atoms with Crippen molar-refractivity contribution in [2.24, 2.45) is 0 Å². The lowest BCUT2D eigenvalue weighted by Crippen LogP contribution is -2.24. The largest absolute Gasteiger partial charge is 0.492 e. The molecule has 0 heterocycles. The smallest absolute Gasteiger partial charge is 0.303 e. The molecule has 0 radical (unpaired) electrons. The van der Waals surface area contributed by atoms with Gasteiger partial charge < -0.3 is 15.2 Å². The second-order valence-corrected chi connectivity index (χ2v) is 8.36. The molecule has 0 aliphatic carbocycles. The first kappa shape index (κ1) is 23.5. The van der Waals surface area contributed by atoms with Gasteiger partial charge in [-0.25, -0.2) is 4.39 Å². The summed E-state index contributed by atoms with van der Waals surface area (Å²) >= 11 is 0. The van der Waals surface area contributed by atoms with Gasteiger partial charge in [-0.15, -0.1) is 0 Å². The molecule has 0 aliphatic rings. The molecule has 0 fully saturated rings. The van der Waals surface area contributed by atoms with Gasteiger partial charge >= 0.3 is 5.97 Å². The molecule has 0 aromatic heterocycles. The van der Waals surface area contributed by atoms with Crippen LogP contribution < -0.4 is 10.1 Å². The minimum atomic E-state index is -0.838. The number of carboxylic acid groups (broad SMARTS) is 1. The van der Waals surface area contributed by atoms with E-state index in [0.29, 0.717) is 30.9 Å². The van der Waals surface area contributed by atoms with Crippen LogP contribution in [0, 0.1) is 5.82 Å². The van der Waals surface area contributed by atoms with E-state index in [0.717, 1.165) is 11.1 Å². The summed E-state index contributed by atoms with van der Waals surface area (Å²) in [5.41, 5.74) is 3.66. The second kappa shape index (κ2) is 10.9. The highest BCUT2D eigenvalue weighted by atomic mass is 19.1. The highest BCUT2D eigenvalue weighted by Gasteiger charge is 2.10. The van der Waals surface area contributed by atoms with Crippen LogP contribution >= 0.6 is 0 Å². The topological polar surface area (TPSA) is 58.6 Å². The lowest BCUT2D eigenvalue weighted by atomic mass is 10.00. The van der Waals surface area contributed by atoms with Gasteiger partial charge in [-0.3, -0.25) is 4.79 Å². The van der Waals surface area contributed by atoms with Gasteiger partial charge in [0.2, 0.25) is 0 Å². The monoisotopic (exact) mass is 457 g/mol. The number of carbonyl (C=O) groups is 1. The number of aryl methyl sites for hydroxylation is 1. The molecule has 0 amide bonds. The number of rotatable bonds is 10. The van der Waals surface area contributed by atoms with Gasteiger partial charge in [0, 0.05) is 25.1 Å². The molecule has 0 spiro atoms. The molecule has 0 bridgehead atoms. The Hall–Kier alpha value is -3.70. The van der Waals surface area contributed by atoms with Crippen molar-refractivity contribution < 1.29 is 19.0 Å². The molecular weight excluding hydrogens is 429 g/mol. The Kier molecular flexibility index (Phi) is 7.55. The summed E-state index contributed by atoms with van der Waals surface area (Å²) in [4.78, 5) is 10.9. The predicted octanol–water partition coefficient (Wildman–Crippen LogP) is 6.39. The quantitative estimate of drug-likeness (QED) is 0.271. The molecule has 2 N–H and O–H groups in total. The van der Waals surface area contributed by atoms with Crippen molar-refractivity contribution in [2.75, 3.05) is 13.2 Å². The second-order valence-electron chi connectivity index (χ2n) is 8.36. The van der Waals surface area contributed by atoms with E-state index in [1.807, 2.05) is 42.5 Å². The van der Waals surface area contributed by atoms with E-state index in [2.05, 4.69) is 42.6 Å². The van der Waals surface area contributed by atoms with Crippen LogP contribution in [0.15, 0.2) is 84.9 Å². The fourth-order valence-corrected chi connectivity index (χ4v) is 4.15. The Morgan fingerprint density at radius 2 is 1.76 bits per heavy atom. The zero-order valence-corrected chi connectivity index (χ0v) is 19.1. The van der Waals surface area contributed by atoms with Crippen LogP contribution in [0.4, 0.5) is 4.39 Å². The summed E-state index contributed by atoms with van der Waals surface area (Å²) < 4.78 is 20.2.